The summed E-state index contributed by atoms with van der Waals surface area (Å²) >= 11 is 1.68. The predicted octanol–water partition coefficient (Wildman–Crippen LogP) is 5.77. The Morgan fingerprint density at radius 2 is 1.92 bits per heavy atom. The third-order valence-electron chi connectivity index (χ3n) is 7.80. The van der Waals surface area contributed by atoms with Crippen LogP contribution in [0.15, 0.2) is 55.9 Å². The van der Waals surface area contributed by atoms with Crippen molar-refractivity contribution in [3.05, 3.63) is 67.2 Å². The molecule has 0 atom stereocenters. The Morgan fingerprint density at radius 3 is 2.70 bits per heavy atom. The van der Waals surface area contributed by atoms with Crippen LogP contribution in [0, 0.1) is 12.3 Å². The summed E-state index contributed by atoms with van der Waals surface area (Å²) in [6, 6.07) is 2.08. The fourth-order valence-corrected chi connectivity index (χ4v) is 6.91. The second-order valence-electron chi connectivity index (χ2n) is 10.7. The van der Waals surface area contributed by atoms with Gasteiger partial charge in [-0.3, -0.25) is 14.6 Å². The van der Waals surface area contributed by atoms with Gasteiger partial charge < -0.3 is 10.6 Å². The van der Waals surface area contributed by atoms with Crippen LogP contribution in [-0.4, -0.2) is 48.9 Å². The minimum Gasteiger partial charge on any atom is -0.357 e. The number of fused-ring (bicyclic) bond motifs is 1. The summed E-state index contributed by atoms with van der Waals surface area (Å²) in [5.41, 5.74) is 7.16. The maximum absolute atomic E-state index is 4.62. The standard InChI is InChI=1S/C28H34N8S/c1-19(15-35-10-9-28(18-35)7-5-6-8-28)32-23-11-25(21(3)29-13-23)33-20(2)24-14-31-36-17-26(37-27(24)36)22-12-30-34(4)16-22/h11-14,16-17,32-33H,1-2,5-10,15,18H2,3-4H3. The molecule has 1 spiro atoms. The molecular weight excluding hydrogens is 480 g/mol. The lowest BCUT2D eigenvalue weighted by Crippen LogP contribution is -2.28. The van der Waals surface area contributed by atoms with Crippen molar-refractivity contribution >= 4 is 33.2 Å². The average Bonchev–Trinajstić information content (AvgIpc) is 3.67. The molecular formula is C28H34N8S. The second-order valence-corrected chi connectivity index (χ2v) is 11.7. The van der Waals surface area contributed by atoms with Crippen LogP contribution in [0.5, 0.6) is 0 Å². The number of thiazole rings is 1. The topological polar surface area (TPSA) is 75.3 Å². The molecule has 1 aliphatic carbocycles. The number of likely N-dealkylation sites (tertiary alicyclic amines) is 1. The zero-order valence-electron chi connectivity index (χ0n) is 21.6. The molecule has 5 heterocycles. The number of rotatable bonds is 8. The van der Waals surface area contributed by atoms with Crippen LogP contribution in [0.3, 0.4) is 0 Å². The van der Waals surface area contributed by atoms with Crippen molar-refractivity contribution in [1.82, 2.24) is 29.3 Å². The van der Waals surface area contributed by atoms with E-state index < -0.39 is 0 Å². The number of aryl methyl sites for hydroxylation is 2. The first-order valence-electron chi connectivity index (χ1n) is 12.9. The zero-order chi connectivity index (χ0) is 25.6. The van der Waals surface area contributed by atoms with Crippen LogP contribution >= 0.6 is 11.3 Å². The van der Waals surface area contributed by atoms with E-state index in [-0.39, 0.29) is 0 Å². The Balaban J connectivity index is 1.13. The van der Waals surface area contributed by atoms with Gasteiger partial charge in [-0.25, -0.2) is 4.52 Å². The number of hydrogen-bond acceptors (Lipinski definition) is 7. The van der Waals surface area contributed by atoms with Gasteiger partial charge in [-0.1, -0.05) is 26.0 Å². The number of hydrogen-bond donors (Lipinski definition) is 2. The monoisotopic (exact) mass is 514 g/mol. The molecule has 9 heteroatoms. The van der Waals surface area contributed by atoms with Crippen molar-refractivity contribution < 1.29 is 0 Å². The van der Waals surface area contributed by atoms with Crippen LogP contribution in [0.1, 0.15) is 43.4 Å². The van der Waals surface area contributed by atoms with Gasteiger partial charge in [-0.2, -0.15) is 10.2 Å². The first-order valence-corrected chi connectivity index (χ1v) is 13.8. The molecule has 2 N–H and O–H groups in total. The summed E-state index contributed by atoms with van der Waals surface area (Å²) in [5.74, 6) is 0. The number of anilines is 2. The molecule has 0 unspecified atom stereocenters. The van der Waals surface area contributed by atoms with E-state index in [1.165, 1.54) is 45.2 Å². The minimum atomic E-state index is 0.573. The molecule has 0 amide bonds. The van der Waals surface area contributed by atoms with Crippen LogP contribution in [0.4, 0.5) is 11.4 Å². The molecule has 6 rings (SSSR count). The van der Waals surface area contributed by atoms with Crippen LogP contribution in [-0.2, 0) is 7.05 Å². The molecule has 0 aromatic carbocycles. The lowest BCUT2D eigenvalue weighted by Gasteiger charge is -2.24. The summed E-state index contributed by atoms with van der Waals surface area (Å²) in [7, 11) is 1.92. The Morgan fingerprint density at radius 1 is 1.08 bits per heavy atom. The van der Waals surface area contributed by atoms with Crippen molar-refractivity contribution in [1.29, 1.82) is 0 Å². The number of nitrogens with one attached hydrogen (secondary N) is 2. The van der Waals surface area contributed by atoms with Crippen molar-refractivity contribution in [2.24, 2.45) is 12.5 Å². The highest BCUT2D eigenvalue weighted by Gasteiger charge is 2.39. The fourth-order valence-electron chi connectivity index (χ4n) is 5.84. The van der Waals surface area contributed by atoms with Gasteiger partial charge >= 0.3 is 0 Å². The highest BCUT2D eigenvalue weighted by Crippen LogP contribution is 2.45. The lowest BCUT2D eigenvalue weighted by atomic mass is 9.86. The summed E-state index contributed by atoms with van der Waals surface area (Å²) < 4.78 is 3.71. The van der Waals surface area contributed by atoms with Crippen molar-refractivity contribution in [3.8, 4) is 10.4 Å². The third kappa shape index (κ3) is 4.81. The van der Waals surface area contributed by atoms with E-state index in [0.717, 1.165) is 55.8 Å². The molecule has 4 aromatic rings. The zero-order valence-corrected chi connectivity index (χ0v) is 22.4. The maximum atomic E-state index is 4.62. The molecule has 37 heavy (non-hydrogen) atoms. The predicted molar refractivity (Wildman–Crippen MR) is 152 cm³/mol. The van der Waals surface area contributed by atoms with E-state index in [0.29, 0.717) is 5.41 Å². The number of nitrogens with zero attached hydrogens (tertiary/aromatic N) is 6. The Hall–Kier alpha value is -3.43. The smallest absolute Gasteiger partial charge is 0.129 e. The van der Waals surface area contributed by atoms with Gasteiger partial charge in [-0.05, 0) is 44.2 Å². The Kier molecular flexibility index (Phi) is 6.12. The van der Waals surface area contributed by atoms with Gasteiger partial charge in [0, 0.05) is 49.5 Å². The molecule has 0 bridgehead atoms. The van der Waals surface area contributed by atoms with Gasteiger partial charge in [-0.15, -0.1) is 11.3 Å². The summed E-state index contributed by atoms with van der Waals surface area (Å²) in [6.07, 6.45) is 16.5. The maximum Gasteiger partial charge on any atom is 0.129 e. The third-order valence-corrected chi connectivity index (χ3v) is 8.96. The Labute approximate surface area is 221 Å². The van der Waals surface area contributed by atoms with Crippen molar-refractivity contribution in [2.75, 3.05) is 30.3 Å². The molecule has 1 aliphatic heterocycles. The van der Waals surface area contributed by atoms with E-state index in [1.807, 2.05) is 54.2 Å². The SMILES string of the molecule is C=C(CN1CCC2(CCCC2)C1)Nc1cnc(C)c(NC(=C)c2cnn3cc(-c4cnn(C)c4)sc23)c1. The number of aromatic nitrogens is 5. The summed E-state index contributed by atoms with van der Waals surface area (Å²) in [4.78, 5) is 9.32. The average molecular weight is 515 g/mol. The highest BCUT2D eigenvalue weighted by atomic mass is 32.1. The van der Waals surface area contributed by atoms with E-state index in [2.05, 4.69) is 49.9 Å². The van der Waals surface area contributed by atoms with E-state index in [4.69, 9.17) is 0 Å². The van der Waals surface area contributed by atoms with Gasteiger partial charge in [0.25, 0.3) is 0 Å². The normalized spacial score (nSPS) is 17.1. The lowest BCUT2D eigenvalue weighted by molar-refractivity contribution is 0.274. The number of pyridine rings is 1. The van der Waals surface area contributed by atoms with Crippen LogP contribution < -0.4 is 10.6 Å². The van der Waals surface area contributed by atoms with Crippen molar-refractivity contribution in [2.45, 2.75) is 39.0 Å². The molecule has 1 saturated heterocycles. The van der Waals surface area contributed by atoms with E-state index >= 15 is 0 Å². The quantitative estimate of drug-likeness (QED) is 0.311. The molecule has 2 fully saturated rings. The summed E-state index contributed by atoms with van der Waals surface area (Å²) in [6.45, 7) is 13.9. The van der Waals surface area contributed by atoms with E-state index in [9.17, 15) is 0 Å². The highest BCUT2D eigenvalue weighted by molar-refractivity contribution is 7.20. The first-order chi connectivity index (χ1) is 17.9. The van der Waals surface area contributed by atoms with Gasteiger partial charge in [0.05, 0.1) is 46.1 Å². The largest absolute Gasteiger partial charge is 0.357 e. The van der Waals surface area contributed by atoms with Gasteiger partial charge in [0.15, 0.2) is 0 Å². The fraction of sp³-hybridized carbons (Fsp3) is 0.393. The molecule has 8 nitrogen and oxygen atoms in total. The first kappa shape index (κ1) is 23.9. The second kappa shape index (κ2) is 9.46. The van der Waals surface area contributed by atoms with Crippen LogP contribution in [0.25, 0.3) is 21.0 Å². The van der Waals surface area contributed by atoms with Crippen molar-refractivity contribution in [3.63, 3.8) is 0 Å². The van der Waals surface area contributed by atoms with E-state index in [1.54, 1.807) is 11.3 Å². The summed E-state index contributed by atoms with van der Waals surface area (Å²) in [5, 5.41) is 15.8. The molecule has 1 saturated carbocycles. The molecule has 0 radical (unpaired) electrons. The molecule has 192 valence electrons. The van der Waals surface area contributed by atoms with Crippen LogP contribution in [0.2, 0.25) is 0 Å². The minimum absolute atomic E-state index is 0.573. The van der Waals surface area contributed by atoms with Gasteiger partial charge in [0.2, 0.25) is 0 Å². The molecule has 2 aliphatic rings. The Bertz CT molecular complexity index is 1470. The molecule has 4 aromatic heterocycles. The van der Waals surface area contributed by atoms with Gasteiger partial charge in [0.1, 0.15) is 4.83 Å².